The third kappa shape index (κ3) is 4.52. The first kappa shape index (κ1) is 16.9. The standard InChI is InChI=1S/C19H24FN3O/c20-17-8-6-16(7-9-17)18(24)4-3-11-22-12-14-23(15-13-22)19-5-1-2-10-21-19/h1-2,5-10,18,24H,3-4,11-15H2/t18-/m1/s1. The van der Waals surface area contributed by atoms with Gasteiger partial charge in [-0.15, -0.1) is 0 Å². The molecule has 0 amide bonds. The van der Waals surface area contributed by atoms with Crippen molar-refractivity contribution in [2.24, 2.45) is 0 Å². The number of nitrogens with zero attached hydrogens (tertiary/aromatic N) is 3. The molecule has 1 aromatic carbocycles. The molecule has 0 spiro atoms. The SMILES string of the molecule is O[C@H](CCCN1CCN(c2ccccn2)CC1)c1ccc(F)cc1. The summed E-state index contributed by atoms with van der Waals surface area (Å²) in [7, 11) is 0. The fourth-order valence-corrected chi connectivity index (χ4v) is 3.10. The molecule has 4 nitrogen and oxygen atoms in total. The summed E-state index contributed by atoms with van der Waals surface area (Å²) in [5.41, 5.74) is 0.788. The molecule has 1 fully saturated rings. The van der Waals surface area contributed by atoms with E-state index in [1.807, 2.05) is 18.3 Å². The van der Waals surface area contributed by atoms with Crippen LogP contribution in [0.1, 0.15) is 24.5 Å². The van der Waals surface area contributed by atoms with Crippen LogP contribution in [-0.4, -0.2) is 47.7 Å². The molecule has 1 aromatic heterocycles. The number of aliphatic hydroxyl groups is 1. The van der Waals surface area contributed by atoms with Crippen molar-refractivity contribution in [3.8, 4) is 0 Å². The molecule has 128 valence electrons. The quantitative estimate of drug-likeness (QED) is 0.885. The van der Waals surface area contributed by atoms with E-state index in [9.17, 15) is 9.50 Å². The molecule has 24 heavy (non-hydrogen) atoms. The minimum absolute atomic E-state index is 0.267. The van der Waals surface area contributed by atoms with Gasteiger partial charge in [-0.25, -0.2) is 9.37 Å². The van der Waals surface area contributed by atoms with E-state index < -0.39 is 6.10 Å². The normalized spacial score (nSPS) is 17.0. The molecule has 5 heteroatoms. The Morgan fingerprint density at radius 2 is 1.79 bits per heavy atom. The van der Waals surface area contributed by atoms with Gasteiger partial charge >= 0.3 is 0 Å². The van der Waals surface area contributed by atoms with E-state index >= 15 is 0 Å². The van der Waals surface area contributed by atoms with Crippen LogP contribution in [0.5, 0.6) is 0 Å². The lowest BCUT2D eigenvalue weighted by Crippen LogP contribution is -2.46. The second kappa shape index (κ2) is 8.22. The lowest BCUT2D eigenvalue weighted by Gasteiger charge is -2.35. The Balaban J connectivity index is 1.38. The molecular formula is C19H24FN3O. The highest BCUT2D eigenvalue weighted by atomic mass is 19.1. The number of benzene rings is 1. The van der Waals surface area contributed by atoms with Gasteiger partial charge in [0.15, 0.2) is 0 Å². The van der Waals surface area contributed by atoms with Crippen molar-refractivity contribution >= 4 is 5.82 Å². The van der Waals surface area contributed by atoms with E-state index in [1.54, 1.807) is 12.1 Å². The Kier molecular flexibility index (Phi) is 5.77. The van der Waals surface area contributed by atoms with Crippen LogP contribution in [0.3, 0.4) is 0 Å². The lowest BCUT2D eigenvalue weighted by molar-refractivity contribution is 0.154. The lowest BCUT2D eigenvalue weighted by atomic mass is 10.0. The van der Waals surface area contributed by atoms with E-state index in [2.05, 4.69) is 20.9 Å². The van der Waals surface area contributed by atoms with Gasteiger partial charge in [-0.05, 0) is 49.2 Å². The van der Waals surface area contributed by atoms with Crippen molar-refractivity contribution in [1.29, 1.82) is 0 Å². The maximum absolute atomic E-state index is 12.9. The summed E-state index contributed by atoms with van der Waals surface area (Å²) in [5, 5.41) is 10.2. The van der Waals surface area contributed by atoms with Crippen LogP contribution in [0.2, 0.25) is 0 Å². The largest absolute Gasteiger partial charge is 0.388 e. The molecule has 0 radical (unpaired) electrons. The monoisotopic (exact) mass is 329 g/mol. The highest BCUT2D eigenvalue weighted by molar-refractivity contribution is 5.38. The molecule has 0 unspecified atom stereocenters. The summed E-state index contributed by atoms with van der Waals surface area (Å²) < 4.78 is 12.9. The van der Waals surface area contributed by atoms with E-state index in [0.717, 1.165) is 50.5 Å². The number of aliphatic hydroxyl groups excluding tert-OH is 1. The smallest absolute Gasteiger partial charge is 0.128 e. The summed E-state index contributed by atoms with van der Waals surface area (Å²) in [6, 6.07) is 12.1. The summed E-state index contributed by atoms with van der Waals surface area (Å²) >= 11 is 0. The molecule has 2 aromatic rings. The molecule has 1 aliphatic rings. The van der Waals surface area contributed by atoms with E-state index in [0.29, 0.717) is 6.42 Å². The zero-order valence-corrected chi connectivity index (χ0v) is 13.8. The molecule has 1 N–H and O–H groups in total. The zero-order valence-electron chi connectivity index (χ0n) is 13.8. The van der Waals surface area contributed by atoms with Crippen LogP contribution in [0, 0.1) is 5.82 Å². The van der Waals surface area contributed by atoms with E-state index in [-0.39, 0.29) is 5.82 Å². The van der Waals surface area contributed by atoms with Crippen LogP contribution in [0.15, 0.2) is 48.7 Å². The maximum Gasteiger partial charge on any atom is 0.128 e. The van der Waals surface area contributed by atoms with E-state index in [1.165, 1.54) is 12.1 Å². The van der Waals surface area contributed by atoms with Crippen molar-refractivity contribution in [3.05, 3.63) is 60.0 Å². The Hall–Kier alpha value is -1.98. The van der Waals surface area contributed by atoms with Crippen molar-refractivity contribution in [2.45, 2.75) is 18.9 Å². The topological polar surface area (TPSA) is 39.6 Å². The van der Waals surface area contributed by atoms with Gasteiger partial charge in [-0.3, -0.25) is 4.90 Å². The van der Waals surface area contributed by atoms with Crippen LogP contribution in [0.25, 0.3) is 0 Å². The number of rotatable bonds is 6. The predicted molar refractivity (Wildman–Crippen MR) is 93.5 cm³/mol. The van der Waals surface area contributed by atoms with Gasteiger partial charge < -0.3 is 10.0 Å². The summed E-state index contributed by atoms with van der Waals surface area (Å²) in [6.45, 7) is 4.98. The van der Waals surface area contributed by atoms with Crippen LogP contribution >= 0.6 is 0 Å². The summed E-state index contributed by atoms with van der Waals surface area (Å²) in [5.74, 6) is 0.778. The average Bonchev–Trinajstić information content (AvgIpc) is 2.63. The number of aromatic nitrogens is 1. The van der Waals surface area contributed by atoms with Crippen molar-refractivity contribution in [2.75, 3.05) is 37.6 Å². The van der Waals surface area contributed by atoms with Crippen LogP contribution < -0.4 is 4.90 Å². The van der Waals surface area contributed by atoms with Gasteiger partial charge in [-0.2, -0.15) is 0 Å². The summed E-state index contributed by atoms with van der Waals surface area (Å²) in [6.07, 6.45) is 2.95. The number of pyridine rings is 1. The van der Waals surface area contributed by atoms with Gasteiger partial charge in [0.1, 0.15) is 11.6 Å². The number of hydrogen-bond donors (Lipinski definition) is 1. The first-order valence-corrected chi connectivity index (χ1v) is 8.54. The van der Waals surface area contributed by atoms with Gasteiger partial charge in [0, 0.05) is 32.4 Å². The Morgan fingerprint density at radius 1 is 1.04 bits per heavy atom. The molecule has 1 aliphatic heterocycles. The van der Waals surface area contributed by atoms with Gasteiger partial charge in [0.2, 0.25) is 0 Å². The van der Waals surface area contributed by atoms with Crippen LogP contribution in [-0.2, 0) is 0 Å². The highest BCUT2D eigenvalue weighted by Gasteiger charge is 2.17. The molecule has 1 atom stereocenters. The molecule has 0 saturated carbocycles. The Labute approximate surface area is 142 Å². The second-order valence-electron chi connectivity index (χ2n) is 6.23. The summed E-state index contributed by atoms with van der Waals surface area (Å²) in [4.78, 5) is 9.14. The third-order valence-electron chi connectivity index (χ3n) is 4.55. The average molecular weight is 329 g/mol. The van der Waals surface area contributed by atoms with Crippen molar-refractivity contribution in [3.63, 3.8) is 0 Å². The fourth-order valence-electron chi connectivity index (χ4n) is 3.10. The molecular weight excluding hydrogens is 305 g/mol. The maximum atomic E-state index is 12.9. The molecule has 0 aliphatic carbocycles. The number of hydrogen-bond acceptors (Lipinski definition) is 4. The first-order chi connectivity index (χ1) is 11.7. The molecule has 0 bridgehead atoms. The zero-order chi connectivity index (χ0) is 16.8. The Morgan fingerprint density at radius 3 is 2.46 bits per heavy atom. The Bertz CT molecular complexity index is 612. The van der Waals surface area contributed by atoms with Gasteiger partial charge in [0.05, 0.1) is 6.10 Å². The molecule has 2 heterocycles. The minimum atomic E-state index is -0.514. The fraction of sp³-hybridized carbons (Fsp3) is 0.421. The minimum Gasteiger partial charge on any atom is -0.388 e. The number of halogens is 1. The third-order valence-corrected chi connectivity index (χ3v) is 4.55. The molecule has 3 rings (SSSR count). The van der Waals surface area contributed by atoms with Gasteiger partial charge in [-0.1, -0.05) is 18.2 Å². The van der Waals surface area contributed by atoms with Crippen molar-refractivity contribution < 1.29 is 9.50 Å². The highest BCUT2D eigenvalue weighted by Crippen LogP contribution is 2.19. The molecule has 1 saturated heterocycles. The first-order valence-electron chi connectivity index (χ1n) is 8.54. The van der Waals surface area contributed by atoms with E-state index in [4.69, 9.17) is 0 Å². The number of piperazine rings is 1. The van der Waals surface area contributed by atoms with Crippen LogP contribution in [0.4, 0.5) is 10.2 Å². The number of anilines is 1. The second-order valence-corrected chi connectivity index (χ2v) is 6.23. The van der Waals surface area contributed by atoms with Gasteiger partial charge in [0.25, 0.3) is 0 Å². The van der Waals surface area contributed by atoms with Crippen molar-refractivity contribution in [1.82, 2.24) is 9.88 Å². The predicted octanol–water partition coefficient (Wildman–Crippen LogP) is 2.86.